The molecule has 0 aliphatic heterocycles. The molecule has 106 valence electrons. The molecule has 1 unspecified atom stereocenters. The third-order valence-electron chi connectivity index (χ3n) is 4.47. The molecule has 0 aromatic carbocycles. The zero-order valence-corrected chi connectivity index (χ0v) is 13.2. The van der Waals surface area contributed by atoms with Crippen LogP contribution in [0.4, 0.5) is 0 Å². The highest BCUT2D eigenvalue weighted by molar-refractivity contribution is 5.95. The normalized spacial score (nSPS) is 13.4. The van der Waals surface area contributed by atoms with Crippen molar-refractivity contribution in [2.45, 2.75) is 47.0 Å². The maximum Gasteiger partial charge on any atom is 0.150 e. The Labute approximate surface area is 122 Å². The van der Waals surface area contributed by atoms with Crippen molar-refractivity contribution in [1.29, 1.82) is 0 Å². The van der Waals surface area contributed by atoms with E-state index in [0.717, 1.165) is 23.8 Å². The van der Waals surface area contributed by atoms with Crippen LogP contribution in [0.2, 0.25) is 0 Å². The van der Waals surface area contributed by atoms with Crippen LogP contribution < -0.4 is 0 Å². The van der Waals surface area contributed by atoms with E-state index in [9.17, 15) is 4.79 Å². The molecule has 0 fully saturated rings. The molecule has 0 saturated heterocycles. The summed E-state index contributed by atoms with van der Waals surface area (Å²) in [7, 11) is 0. The van der Waals surface area contributed by atoms with Crippen molar-refractivity contribution in [3.8, 4) is 11.1 Å². The van der Waals surface area contributed by atoms with E-state index in [1.807, 2.05) is 12.1 Å². The second-order valence-corrected chi connectivity index (χ2v) is 6.60. The van der Waals surface area contributed by atoms with Gasteiger partial charge in [0.15, 0.2) is 6.29 Å². The molecule has 0 radical (unpaired) electrons. The summed E-state index contributed by atoms with van der Waals surface area (Å²) in [5.74, 6) is 0.357. The van der Waals surface area contributed by atoms with E-state index in [4.69, 9.17) is 0 Å². The average Bonchev–Trinajstić information content (AvgIpc) is 2.53. The van der Waals surface area contributed by atoms with Crippen LogP contribution in [-0.4, -0.2) is 6.29 Å². The number of hydrogen-bond donors (Lipinski definition) is 0. The molecular weight excluding hydrogens is 244 g/mol. The van der Waals surface area contributed by atoms with E-state index < -0.39 is 0 Å². The molecule has 0 saturated carbocycles. The molecule has 1 atom stereocenters. The lowest BCUT2D eigenvalue weighted by molar-refractivity contribution is 0.112. The lowest BCUT2D eigenvalue weighted by atomic mass is 9.76. The number of hydrogen-bond acceptors (Lipinski definition) is 1. The van der Waals surface area contributed by atoms with Gasteiger partial charge in [-0.25, -0.2) is 0 Å². The Morgan fingerprint density at radius 1 is 1.10 bits per heavy atom. The summed E-state index contributed by atoms with van der Waals surface area (Å²) in [6.07, 6.45) is 2.00. The first kappa shape index (κ1) is 14.8. The first-order valence-corrected chi connectivity index (χ1v) is 7.40. The fourth-order valence-electron chi connectivity index (χ4n) is 2.93. The molecule has 0 spiro atoms. The van der Waals surface area contributed by atoms with E-state index in [2.05, 4.69) is 52.8 Å². The Bertz CT molecular complexity index is 590. The van der Waals surface area contributed by atoms with Crippen LogP contribution in [0.3, 0.4) is 0 Å². The maximum absolute atomic E-state index is 11.7. The van der Waals surface area contributed by atoms with Crippen molar-refractivity contribution in [3.63, 3.8) is 0 Å². The van der Waals surface area contributed by atoms with Crippen LogP contribution >= 0.6 is 0 Å². The minimum absolute atomic E-state index is 0.147. The van der Waals surface area contributed by atoms with E-state index in [1.165, 1.54) is 16.7 Å². The smallest absolute Gasteiger partial charge is 0.150 e. The largest absolute Gasteiger partial charge is 0.298 e. The molecule has 0 aromatic rings. The van der Waals surface area contributed by atoms with Gasteiger partial charge in [-0.05, 0) is 40.0 Å². The van der Waals surface area contributed by atoms with Gasteiger partial charge in [0.05, 0.1) is 0 Å². The maximum atomic E-state index is 11.7. The summed E-state index contributed by atoms with van der Waals surface area (Å²) >= 11 is 0. The Morgan fingerprint density at radius 2 is 1.70 bits per heavy atom. The molecule has 2 rings (SSSR count). The first-order valence-electron chi connectivity index (χ1n) is 7.40. The van der Waals surface area contributed by atoms with E-state index in [0.29, 0.717) is 5.92 Å². The van der Waals surface area contributed by atoms with Crippen molar-refractivity contribution in [3.05, 3.63) is 47.0 Å². The Kier molecular flexibility index (Phi) is 3.99. The standard InChI is InChI=1S/C19H24O/c1-6-14-15-10-8-7-9-11-16(15)17(12-20)18(14)13(2)19(3,4)5/h7-13H,6H2,1-5H3. The van der Waals surface area contributed by atoms with Crippen molar-refractivity contribution in [2.24, 2.45) is 5.41 Å². The van der Waals surface area contributed by atoms with Gasteiger partial charge in [-0.3, -0.25) is 4.79 Å². The SMILES string of the molecule is CCc1c2cccccc-2c(C=O)c1C(C)C(C)(C)C. The fraction of sp³-hybridized carbons (Fsp3) is 0.421. The summed E-state index contributed by atoms with van der Waals surface area (Å²) in [5, 5.41) is 0. The molecule has 2 aliphatic carbocycles. The van der Waals surface area contributed by atoms with Crippen molar-refractivity contribution in [2.75, 3.05) is 0 Å². The Balaban J connectivity index is 2.82. The third kappa shape index (κ3) is 2.37. The minimum Gasteiger partial charge on any atom is -0.298 e. The minimum atomic E-state index is 0.147. The molecule has 0 amide bonds. The van der Waals surface area contributed by atoms with Gasteiger partial charge in [0.2, 0.25) is 0 Å². The quantitative estimate of drug-likeness (QED) is 0.689. The summed E-state index contributed by atoms with van der Waals surface area (Å²) < 4.78 is 0. The zero-order valence-electron chi connectivity index (χ0n) is 13.2. The first-order chi connectivity index (χ1) is 9.41. The average molecular weight is 268 g/mol. The summed E-state index contributed by atoms with van der Waals surface area (Å²) in [6, 6.07) is 10.3. The van der Waals surface area contributed by atoms with Crippen molar-refractivity contribution >= 4 is 6.29 Å². The highest BCUT2D eigenvalue weighted by atomic mass is 16.1. The van der Waals surface area contributed by atoms with Crippen molar-refractivity contribution in [1.82, 2.24) is 0 Å². The van der Waals surface area contributed by atoms with Crippen molar-refractivity contribution < 1.29 is 4.79 Å². The zero-order chi connectivity index (χ0) is 14.9. The molecule has 1 nitrogen and oxygen atoms in total. The van der Waals surface area contributed by atoms with Crippen LogP contribution in [0.1, 0.15) is 62.0 Å². The number of fused-ring (bicyclic) bond motifs is 1. The summed E-state index contributed by atoms with van der Waals surface area (Å²) in [6.45, 7) is 11.1. The topological polar surface area (TPSA) is 17.1 Å². The number of rotatable bonds is 3. The van der Waals surface area contributed by atoms with E-state index in [-0.39, 0.29) is 5.41 Å². The van der Waals surface area contributed by atoms with E-state index >= 15 is 0 Å². The number of carbonyl (C=O) groups is 1. The van der Waals surface area contributed by atoms with Gasteiger partial charge in [0.1, 0.15) is 0 Å². The predicted octanol–water partition coefficient (Wildman–Crippen LogP) is 5.32. The van der Waals surface area contributed by atoms with Gasteiger partial charge in [-0.1, -0.05) is 65.0 Å². The summed E-state index contributed by atoms with van der Waals surface area (Å²) in [4.78, 5) is 11.7. The van der Waals surface area contributed by atoms with Gasteiger partial charge < -0.3 is 0 Å². The Morgan fingerprint density at radius 3 is 2.20 bits per heavy atom. The molecule has 0 heterocycles. The van der Waals surface area contributed by atoms with Crippen LogP contribution in [-0.2, 0) is 6.42 Å². The lowest BCUT2D eigenvalue weighted by Gasteiger charge is -2.28. The van der Waals surface area contributed by atoms with E-state index in [1.54, 1.807) is 0 Å². The number of aldehydes is 1. The van der Waals surface area contributed by atoms with Crippen LogP contribution in [0, 0.1) is 5.41 Å². The fourth-order valence-corrected chi connectivity index (χ4v) is 2.93. The molecule has 0 aromatic heterocycles. The molecule has 0 bridgehead atoms. The van der Waals surface area contributed by atoms with Gasteiger partial charge >= 0.3 is 0 Å². The number of carbonyl (C=O) groups excluding carboxylic acids is 1. The van der Waals surface area contributed by atoms with Gasteiger partial charge in [0.25, 0.3) is 0 Å². The lowest BCUT2D eigenvalue weighted by Crippen LogP contribution is -2.17. The Hall–Kier alpha value is -1.63. The monoisotopic (exact) mass is 268 g/mol. The molecule has 2 aliphatic rings. The molecule has 0 N–H and O–H groups in total. The third-order valence-corrected chi connectivity index (χ3v) is 4.47. The van der Waals surface area contributed by atoms with Gasteiger partial charge in [-0.15, -0.1) is 0 Å². The van der Waals surface area contributed by atoms with Crippen LogP contribution in [0.25, 0.3) is 11.1 Å². The highest BCUT2D eigenvalue weighted by Crippen LogP contribution is 2.45. The second-order valence-electron chi connectivity index (χ2n) is 6.60. The van der Waals surface area contributed by atoms with Gasteiger partial charge in [-0.2, -0.15) is 0 Å². The molecule has 20 heavy (non-hydrogen) atoms. The van der Waals surface area contributed by atoms with Crippen LogP contribution in [0.5, 0.6) is 0 Å². The predicted molar refractivity (Wildman–Crippen MR) is 85.7 cm³/mol. The van der Waals surface area contributed by atoms with Gasteiger partial charge in [0, 0.05) is 5.56 Å². The molecule has 1 heteroatoms. The second kappa shape index (κ2) is 5.40. The molecular formula is C19H24O. The van der Waals surface area contributed by atoms with Crippen LogP contribution in [0.15, 0.2) is 30.3 Å². The highest BCUT2D eigenvalue weighted by Gasteiger charge is 2.30. The summed E-state index contributed by atoms with van der Waals surface area (Å²) in [5.41, 5.74) is 5.93.